The average Bonchev–Trinajstić information content (AvgIpc) is 2.70. The van der Waals surface area contributed by atoms with Crippen LogP contribution in [-0.2, 0) is 14.8 Å². The van der Waals surface area contributed by atoms with Gasteiger partial charge in [0.15, 0.2) is 5.75 Å². The summed E-state index contributed by atoms with van der Waals surface area (Å²) in [5, 5.41) is 3.11. The summed E-state index contributed by atoms with van der Waals surface area (Å²) in [5.41, 5.74) is 1.47. The summed E-state index contributed by atoms with van der Waals surface area (Å²) < 4.78 is 31.6. The van der Waals surface area contributed by atoms with E-state index in [2.05, 4.69) is 5.32 Å². The number of anilines is 2. The number of nitrogens with one attached hydrogen (secondary N) is 1. The van der Waals surface area contributed by atoms with Crippen molar-refractivity contribution in [3.8, 4) is 11.5 Å². The van der Waals surface area contributed by atoms with Gasteiger partial charge in [-0.25, -0.2) is 8.42 Å². The number of carbonyl (C=O) groups excluding carboxylic acids is 1. The van der Waals surface area contributed by atoms with Crippen molar-refractivity contribution in [1.29, 1.82) is 0 Å². The molecular formula is C22H21ClN2O4S. The fraction of sp³-hybridized carbons (Fsp3) is 0.136. The average molecular weight is 445 g/mol. The largest absolute Gasteiger partial charge is 0.455 e. The quantitative estimate of drug-likeness (QED) is 0.565. The van der Waals surface area contributed by atoms with Gasteiger partial charge < -0.3 is 10.1 Å². The predicted octanol–water partition coefficient (Wildman–Crippen LogP) is 4.85. The number of hydrogen-bond acceptors (Lipinski definition) is 4. The summed E-state index contributed by atoms with van der Waals surface area (Å²) in [7, 11) is -3.72. The molecule has 0 radical (unpaired) electrons. The van der Waals surface area contributed by atoms with Gasteiger partial charge in [0.2, 0.25) is 15.9 Å². The van der Waals surface area contributed by atoms with Crippen molar-refractivity contribution >= 4 is 38.9 Å². The third kappa shape index (κ3) is 5.52. The van der Waals surface area contributed by atoms with E-state index in [1.165, 1.54) is 6.07 Å². The Kier molecular flexibility index (Phi) is 6.64. The molecule has 8 heteroatoms. The van der Waals surface area contributed by atoms with Crippen molar-refractivity contribution in [3.05, 3.63) is 83.4 Å². The summed E-state index contributed by atoms with van der Waals surface area (Å²) >= 11 is 6.04. The number of amides is 1. The molecule has 3 aromatic rings. The Balaban J connectivity index is 1.82. The maximum atomic E-state index is 12.7. The zero-order chi connectivity index (χ0) is 21.7. The van der Waals surface area contributed by atoms with Gasteiger partial charge in [0.25, 0.3) is 0 Å². The predicted molar refractivity (Wildman–Crippen MR) is 120 cm³/mol. The number of hydrogen-bond donors (Lipinski definition) is 1. The topological polar surface area (TPSA) is 75.7 Å². The Morgan fingerprint density at radius 1 is 1.03 bits per heavy atom. The Bertz CT molecular complexity index is 1150. The third-order valence-corrected chi connectivity index (χ3v) is 5.62. The molecule has 0 aliphatic carbocycles. The van der Waals surface area contributed by atoms with Gasteiger partial charge in [-0.15, -0.1) is 0 Å². The minimum absolute atomic E-state index is 0.356. The van der Waals surface area contributed by atoms with Crippen LogP contribution in [0.5, 0.6) is 11.5 Å². The van der Waals surface area contributed by atoms with Gasteiger partial charge >= 0.3 is 0 Å². The van der Waals surface area contributed by atoms with Crippen LogP contribution in [0.3, 0.4) is 0 Å². The number of rotatable bonds is 7. The minimum atomic E-state index is -3.72. The van der Waals surface area contributed by atoms with E-state index in [9.17, 15) is 13.2 Å². The van der Waals surface area contributed by atoms with Crippen molar-refractivity contribution in [3.63, 3.8) is 0 Å². The van der Waals surface area contributed by atoms with Gasteiger partial charge in [-0.05, 0) is 48.9 Å². The molecule has 0 aromatic heterocycles. The summed E-state index contributed by atoms with van der Waals surface area (Å²) in [6.45, 7) is 1.35. The first kappa shape index (κ1) is 21.7. The number of benzene rings is 3. The van der Waals surface area contributed by atoms with Crippen molar-refractivity contribution in [1.82, 2.24) is 0 Å². The van der Waals surface area contributed by atoms with Crippen LogP contribution in [0.15, 0.2) is 72.8 Å². The monoisotopic (exact) mass is 444 g/mol. The highest BCUT2D eigenvalue weighted by Gasteiger charge is 2.23. The molecule has 0 fully saturated rings. The van der Waals surface area contributed by atoms with Crippen LogP contribution in [0.4, 0.5) is 11.4 Å². The third-order valence-electron chi connectivity index (χ3n) is 4.26. The summed E-state index contributed by atoms with van der Waals surface area (Å²) in [6, 6.07) is 21.0. The zero-order valence-corrected chi connectivity index (χ0v) is 18.1. The Morgan fingerprint density at radius 2 is 1.70 bits per heavy atom. The lowest BCUT2D eigenvalue weighted by Gasteiger charge is -2.24. The summed E-state index contributed by atoms with van der Waals surface area (Å²) in [6.07, 6.45) is 1.05. The van der Waals surface area contributed by atoms with Gasteiger partial charge in [-0.3, -0.25) is 9.10 Å². The van der Waals surface area contributed by atoms with E-state index in [-0.39, 0.29) is 0 Å². The summed E-state index contributed by atoms with van der Waals surface area (Å²) in [5.74, 6) is 0.553. The Morgan fingerprint density at radius 3 is 2.40 bits per heavy atom. The molecule has 3 rings (SSSR count). The van der Waals surface area contributed by atoms with Gasteiger partial charge in [0, 0.05) is 5.02 Å². The molecule has 1 amide bonds. The molecule has 0 atom stereocenters. The smallest absolute Gasteiger partial charge is 0.245 e. The highest BCUT2D eigenvalue weighted by Crippen LogP contribution is 2.30. The van der Waals surface area contributed by atoms with Gasteiger partial charge in [-0.2, -0.15) is 0 Å². The zero-order valence-electron chi connectivity index (χ0n) is 16.5. The van der Waals surface area contributed by atoms with Gasteiger partial charge in [0.05, 0.1) is 17.6 Å². The standard InChI is InChI=1S/C22H21ClN2O4S/c1-16-12-13-17(23)14-20(16)25(30(2,27)28)15-22(26)24-19-10-6-7-11-21(19)29-18-8-4-3-5-9-18/h3-14H,15H2,1-2H3,(H,24,26). The Hall–Kier alpha value is -3.03. The second-order valence-corrected chi connectivity index (χ2v) is 9.00. The highest BCUT2D eigenvalue weighted by atomic mass is 35.5. The minimum Gasteiger partial charge on any atom is -0.455 e. The van der Waals surface area contributed by atoms with Crippen molar-refractivity contribution in [2.24, 2.45) is 0 Å². The van der Waals surface area contributed by atoms with Gasteiger partial charge in [-0.1, -0.05) is 48.0 Å². The first-order valence-electron chi connectivity index (χ1n) is 9.09. The molecule has 0 saturated carbocycles. The number of halogens is 1. The molecule has 6 nitrogen and oxygen atoms in total. The van der Waals surface area contributed by atoms with E-state index in [4.69, 9.17) is 16.3 Å². The van der Waals surface area contributed by atoms with E-state index < -0.39 is 22.5 Å². The van der Waals surface area contributed by atoms with Crippen LogP contribution < -0.4 is 14.4 Å². The van der Waals surface area contributed by atoms with Crippen LogP contribution in [0.25, 0.3) is 0 Å². The van der Waals surface area contributed by atoms with Crippen LogP contribution in [0.1, 0.15) is 5.56 Å². The lowest BCUT2D eigenvalue weighted by atomic mass is 10.2. The SMILES string of the molecule is Cc1ccc(Cl)cc1N(CC(=O)Nc1ccccc1Oc1ccccc1)S(C)(=O)=O. The van der Waals surface area contributed by atoms with Crippen LogP contribution in [0.2, 0.25) is 5.02 Å². The Labute approximate surface area is 181 Å². The molecular weight excluding hydrogens is 424 g/mol. The first-order chi connectivity index (χ1) is 14.2. The maximum Gasteiger partial charge on any atom is 0.245 e. The van der Waals surface area contributed by atoms with E-state index in [0.717, 1.165) is 10.6 Å². The molecule has 156 valence electrons. The molecule has 1 N–H and O–H groups in total. The van der Waals surface area contributed by atoms with E-state index in [1.807, 2.05) is 18.2 Å². The number of carbonyl (C=O) groups is 1. The number of aryl methyl sites for hydroxylation is 1. The first-order valence-corrected chi connectivity index (χ1v) is 11.3. The molecule has 0 aliphatic rings. The second kappa shape index (κ2) is 9.19. The van der Waals surface area contributed by atoms with Crippen molar-refractivity contribution in [2.75, 3.05) is 22.4 Å². The van der Waals surface area contributed by atoms with Crippen LogP contribution in [-0.4, -0.2) is 27.1 Å². The van der Waals surface area contributed by atoms with Crippen LogP contribution >= 0.6 is 11.6 Å². The molecule has 0 unspecified atom stereocenters. The normalized spacial score (nSPS) is 11.0. The lowest BCUT2D eigenvalue weighted by molar-refractivity contribution is -0.114. The lowest BCUT2D eigenvalue weighted by Crippen LogP contribution is -2.37. The van der Waals surface area contributed by atoms with E-state index in [1.54, 1.807) is 55.5 Å². The highest BCUT2D eigenvalue weighted by molar-refractivity contribution is 7.92. The number of ether oxygens (including phenoxy) is 1. The second-order valence-electron chi connectivity index (χ2n) is 6.66. The molecule has 0 bridgehead atoms. The number of para-hydroxylation sites is 3. The number of nitrogens with zero attached hydrogens (tertiary/aromatic N) is 1. The van der Waals surface area contributed by atoms with E-state index in [0.29, 0.717) is 33.5 Å². The molecule has 0 heterocycles. The van der Waals surface area contributed by atoms with Crippen LogP contribution in [0, 0.1) is 6.92 Å². The molecule has 0 aliphatic heterocycles. The molecule has 30 heavy (non-hydrogen) atoms. The number of sulfonamides is 1. The van der Waals surface area contributed by atoms with Crippen molar-refractivity contribution in [2.45, 2.75) is 6.92 Å². The summed E-state index contributed by atoms with van der Waals surface area (Å²) in [4.78, 5) is 12.7. The molecule has 0 spiro atoms. The van der Waals surface area contributed by atoms with Crippen molar-refractivity contribution < 1.29 is 17.9 Å². The van der Waals surface area contributed by atoms with E-state index >= 15 is 0 Å². The van der Waals surface area contributed by atoms with Gasteiger partial charge in [0.1, 0.15) is 12.3 Å². The maximum absolute atomic E-state index is 12.7. The fourth-order valence-electron chi connectivity index (χ4n) is 2.83. The fourth-order valence-corrected chi connectivity index (χ4v) is 3.90. The molecule has 0 saturated heterocycles. The molecule has 3 aromatic carbocycles.